The number of esters is 1. The Labute approximate surface area is 140 Å². The Kier molecular flexibility index (Phi) is 4.85. The van der Waals surface area contributed by atoms with Crippen molar-refractivity contribution in [1.82, 2.24) is 4.90 Å². The molecule has 1 aliphatic rings. The van der Waals surface area contributed by atoms with Crippen molar-refractivity contribution in [2.75, 3.05) is 20.2 Å². The van der Waals surface area contributed by atoms with Gasteiger partial charge in [0.2, 0.25) is 5.76 Å². The number of hydrogen-bond acceptors (Lipinski definition) is 5. The SMILES string of the molecule is COCc1c(C(=O)O[C@@H](C)C(=O)N2CCCC2)oc2ccccc12. The summed E-state index contributed by atoms with van der Waals surface area (Å²) in [6, 6.07) is 7.34. The van der Waals surface area contributed by atoms with Gasteiger partial charge in [-0.25, -0.2) is 4.79 Å². The zero-order valence-electron chi connectivity index (χ0n) is 13.9. The van der Waals surface area contributed by atoms with Gasteiger partial charge in [0.25, 0.3) is 5.91 Å². The van der Waals surface area contributed by atoms with Crippen LogP contribution in [0.25, 0.3) is 11.0 Å². The summed E-state index contributed by atoms with van der Waals surface area (Å²) in [6.45, 7) is 3.27. The first-order valence-corrected chi connectivity index (χ1v) is 8.11. The van der Waals surface area contributed by atoms with E-state index in [1.165, 1.54) is 0 Å². The number of nitrogens with zero attached hydrogens (tertiary/aromatic N) is 1. The number of methoxy groups -OCH3 is 1. The maximum Gasteiger partial charge on any atom is 0.375 e. The molecule has 0 aliphatic carbocycles. The molecule has 6 heteroatoms. The average molecular weight is 331 g/mol. The number of fused-ring (bicyclic) bond motifs is 1. The highest BCUT2D eigenvalue weighted by atomic mass is 16.6. The molecule has 1 aromatic heterocycles. The Balaban J connectivity index is 1.80. The third-order valence-electron chi connectivity index (χ3n) is 4.22. The van der Waals surface area contributed by atoms with Crippen LogP contribution in [0.1, 0.15) is 35.9 Å². The lowest BCUT2D eigenvalue weighted by Crippen LogP contribution is -2.38. The quantitative estimate of drug-likeness (QED) is 0.788. The standard InChI is InChI=1S/C18H21NO5/c1-12(17(20)19-9-5-6-10-19)23-18(21)16-14(11-22-2)13-7-3-4-8-15(13)24-16/h3-4,7-8,12H,5-6,9-11H2,1-2H3/t12-/m0/s1. The summed E-state index contributed by atoms with van der Waals surface area (Å²) >= 11 is 0. The van der Waals surface area contributed by atoms with Crippen molar-refractivity contribution in [2.45, 2.75) is 32.5 Å². The molecule has 0 unspecified atom stereocenters. The van der Waals surface area contributed by atoms with Gasteiger partial charge in [-0.2, -0.15) is 0 Å². The van der Waals surface area contributed by atoms with Crippen LogP contribution in [0.4, 0.5) is 0 Å². The molecule has 0 bridgehead atoms. The number of carbonyl (C=O) groups excluding carboxylic acids is 2. The van der Waals surface area contributed by atoms with Crippen molar-refractivity contribution in [3.05, 3.63) is 35.6 Å². The molecular weight excluding hydrogens is 310 g/mol. The second kappa shape index (κ2) is 7.05. The van der Waals surface area contributed by atoms with Crippen LogP contribution in [0.15, 0.2) is 28.7 Å². The minimum atomic E-state index is -0.834. The Morgan fingerprint density at radius 2 is 1.96 bits per heavy atom. The number of para-hydroxylation sites is 1. The van der Waals surface area contributed by atoms with Gasteiger partial charge in [-0.05, 0) is 25.8 Å². The average Bonchev–Trinajstić information content (AvgIpc) is 3.23. The van der Waals surface area contributed by atoms with E-state index in [0.29, 0.717) is 11.1 Å². The third kappa shape index (κ3) is 3.14. The van der Waals surface area contributed by atoms with Crippen LogP contribution < -0.4 is 0 Å². The molecule has 0 spiro atoms. The molecule has 0 N–H and O–H groups in total. The second-order valence-electron chi connectivity index (χ2n) is 5.92. The largest absolute Gasteiger partial charge is 0.449 e. The Hall–Kier alpha value is -2.34. The third-order valence-corrected chi connectivity index (χ3v) is 4.22. The fourth-order valence-corrected chi connectivity index (χ4v) is 3.01. The highest BCUT2D eigenvalue weighted by Crippen LogP contribution is 2.27. The van der Waals surface area contributed by atoms with E-state index in [1.54, 1.807) is 25.0 Å². The number of hydrogen-bond donors (Lipinski definition) is 0. The molecule has 1 aromatic carbocycles. The van der Waals surface area contributed by atoms with E-state index >= 15 is 0 Å². The first-order valence-electron chi connectivity index (χ1n) is 8.11. The lowest BCUT2D eigenvalue weighted by Gasteiger charge is -2.20. The van der Waals surface area contributed by atoms with Gasteiger partial charge < -0.3 is 18.8 Å². The van der Waals surface area contributed by atoms with E-state index in [4.69, 9.17) is 13.9 Å². The molecule has 1 amide bonds. The van der Waals surface area contributed by atoms with Crippen molar-refractivity contribution < 1.29 is 23.5 Å². The lowest BCUT2D eigenvalue weighted by molar-refractivity contribution is -0.138. The summed E-state index contributed by atoms with van der Waals surface area (Å²) in [5.41, 5.74) is 1.23. The molecule has 24 heavy (non-hydrogen) atoms. The Morgan fingerprint density at radius 1 is 1.25 bits per heavy atom. The maximum absolute atomic E-state index is 12.5. The number of rotatable bonds is 5. The fraction of sp³-hybridized carbons (Fsp3) is 0.444. The normalized spacial score (nSPS) is 15.7. The number of likely N-dealkylation sites (tertiary alicyclic amines) is 1. The molecule has 2 aromatic rings. The monoisotopic (exact) mass is 331 g/mol. The van der Waals surface area contributed by atoms with Crippen molar-refractivity contribution >= 4 is 22.8 Å². The highest BCUT2D eigenvalue weighted by molar-refractivity contribution is 5.97. The second-order valence-corrected chi connectivity index (χ2v) is 5.92. The molecule has 1 fully saturated rings. The van der Waals surface area contributed by atoms with Gasteiger partial charge in [0.15, 0.2) is 6.10 Å². The summed E-state index contributed by atoms with van der Waals surface area (Å²) < 4.78 is 16.2. The molecule has 3 rings (SSSR count). The van der Waals surface area contributed by atoms with Crippen LogP contribution in [0.3, 0.4) is 0 Å². The number of carbonyl (C=O) groups is 2. The van der Waals surface area contributed by atoms with E-state index in [-0.39, 0.29) is 18.3 Å². The zero-order chi connectivity index (χ0) is 17.1. The van der Waals surface area contributed by atoms with E-state index < -0.39 is 12.1 Å². The fourth-order valence-electron chi connectivity index (χ4n) is 3.01. The number of ether oxygens (including phenoxy) is 2. The van der Waals surface area contributed by atoms with Gasteiger partial charge in [-0.3, -0.25) is 4.79 Å². The van der Waals surface area contributed by atoms with Gasteiger partial charge in [-0.15, -0.1) is 0 Å². The van der Waals surface area contributed by atoms with Gasteiger partial charge in [0.1, 0.15) is 5.58 Å². The minimum Gasteiger partial charge on any atom is -0.449 e. The van der Waals surface area contributed by atoms with Crippen LogP contribution in [-0.4, -0.2) is 43.1 Å². The van der Waals surface area contributed by atoms with Crippen molar-refractivity contribution in [3.63, 3.8) is 0 Å². The summed E-state index contributed by atoms with van der Waals surface area (Å²) in [7, 11) is 1.55. The first-order chi connectivity index (χ1) is 11.6. The topological polar surface area (TPSA) is 69.0 Å². The van der Waals surface area contributed by atoms with Gasteiger partial charge in [0.05, 0.1) is 6.61 Å². The molecule has 2 heterocycles. The summed E-state index contributed by atoms with van der Waals surface area (Å²) in [4.78, 5) is 26.5. The maximum atomic E-state index is 12.5. The van der Waals surface area contributed by atoms with Gasteiger partial charge in [0, 0.05) is 31.1 Å². The van der Waals surface area contributed by atoms with Gasteiger partial charge >= 0.3 is 5.97 Å². The summed E-state index contributed by atoms with van der Waals surface area (Å²) in [5, 5.41) is 0.810. The predicted molar refractivity (Wildman–Crippen MR) is 87.6 cm³/mol. The van der Waals surface area contributed by atoms with Crippen LogP contribution in [0.5, 0.6) is 0 Å². The van der Waals surface area contributed by atoms with Crippen LogP contribution in [0.2, 0.25) is 0 Å². The predicted octanol–water partition coefficient (Wildman–Crippen LogP) is 2.75. The van der Waals surface area contributed by atoms with E-state index in [0.717, 1.165) is 31.3 Å². The zero-order valence-corrected chi connectivity index (χ0v) is 13.9. The molecule has 0 saturated carbocycles. The molecule has 1 saturated heterocycles. The summed E-state index contributed by atoms with van der Waals surface area (Å²) in [5.74, 6) is -0.706. The molecule has 128 valence electrons. The smallest absolute Gasteiger partial charge is 0.375 e. The molecule has 1 atom stereocenters. The van der Waals surface area contributed by atoms with E-state index in [1.807, 2.05) is 18.2 Å². The van der Waals surface area contributed by atoms with Crippen LogP contribution in [-0.2, 0) is 20.9 Å². The van der Waals surface area contributed by atoms with E-state index in [2.05, 4.69) is 0 Å². The number of amides is 1. The number of benzene rings is 1. The van der Waals surface area contributed by atoms with Crippen molar-refractivity contribution in [2.24, 2.45) is 0 Å². The Morgan fingerprint density at radius 3 is 2.67 bits per heavy atom. The number of furan rings is 1. The summed E-state index contributed by atoms with van der Waals surface area (Å²) in [6.07, 6.45) is 1.15. The lowest BCUT2D eigenvalue weighted by atomic mass is 10.1. The minimum absolute atomic E-state index is 0.0964. The van der Waals surface area contributed by atoms with Crippen LogP contribution >= 0.6 is 0 Å². The first kappa shape index (κ1) is 16.5. The highest BCUT2D eigenvalue weighted by Gasteiger charge is 2.29. The molecular formula is C18H21NO5. The molecule has 6 nitrogen and oxygen atoms in total. The Bertz CT molecular complexity index is 745. The molecule has 0 radical (unpaired) electrons. The molecule has 1 aliphatic heterocycles. The van der Waals surface area contributed by atoms with Crippen molar-refractivity contribution in [1.29, 1.82) is 0 Å². The van der Waals surface area contributed by atoms with E-state index in [9.17, 15) is 9.59 Å². The van der Waals surface area contributed by atoms with Crippen molar-refractivity contribution in [3.8, 4) is 0 Å². The van der Waals surface area contributed by atoms with Crippen LogP contribution in [0, 0.1) is 0 Å². The van der Waals surface area contributed by atoms with Gasteiger partial charge in [-0.1, -0.05) is 18.2 Å².